The summed E-state index contributed by atoms with van der Waals surface area (Å²) >= 11 is 1.44. The molecule has 1 aromatic heterocycles. The van der Waals surface area contributed by atoms with Gasteiger partial charge in [0, 0.05) is 18.7 Å². The molecule has 0 aliphatic heterocycles. The largest absolute Gasteiger partial charge is 0.355 e. The Labute approximate surface area is 141 Å². The quantitative estimate of drug-likeness (QED) is 0.754. The summed E-state index contributed by atoms with van der Waals surface area (Å²) in [6, 6.07) is 8.25. The molecule has 124 valence electrons. The van der Waals surface area contributed by atoms with Crippen LogP contribution in [0.4, 0.5) is 0 Å². The van der Waals surface area contributed by atoms with Gasteiger partial charge in [-0.3, -0.25) is 4.79 Å². The van der Waals surface area contributed by atoms with Crippen LogP contribution >= 0.6 is 11.8 Å². The first kappa shape index (κ1) is 17.5. The Morgan fingerprint density at radius 3 is 2.78 bits per heavy atom. The maximum atomic E-state index is 11.8. The predicted octanol–water partition coefficient (Wildman–Crippen LogP) is 3.28. The summed E-state index contributed by atoms with van der Waals surface area (Å²) in [6.45, 7) is 7.80. The highest BCUT2D eigenvalue weighted by atomic mass is 32.2. The van der Waals surface area contributed by atoms with E-state index in [1.165, 1.54) is 17.3 Å². The Balaban J connectivity index is 2.16. The van der Waals surface area contributed by atoms with Gasteiger partial charge in [0.1, 0.15) is 0 Å². The Hall–Kier alpha value is -1.82. The van der Waals surface area contributed by atoms with E-state index in [4.69, 9.17) is 0 Å². The van der Waals surface area contributed by atoms with Gasteiger partial charge in [-0.25, -0.2) is 0 Å². The van der Waals surface area contributed by atoms with Gasteiger partial charge in [0.05, 0.1) is 5.75 Å². The molecule has 0 unspecified atom stereocenters. The number of amides is 1. The van der Waals surface area contributed by atoms with Gasteiger partial charge >= 0.3 is 0 Å². The van der Waals surface area contributed by atoms with Crippen LogP contribution in [0.25, 0.3) is 11.4 Å². The van der Waals surface area contributed by atoms with E-state index < -0.39 is 0 Å². The SMILES string of the molecule is CCCNC(=O)CSc1nnc(-c2cccc(C)c2)n1CCC. The van der Waals surface area contributed by atoms with Gasteiger partial charge in [0.15, 0.2) is 11.0 Å². The van der Waals surface area contributed by atoms with Crippen molar-refractivity contribution >= 4 is 17.7 Å². The van der Waals surface area contributed by atoms with E-state index in [2.05, 4.69) is 46.1 Å². The third-order valence-electron chi connectivity index (χ3n) is 3.34. The first-order chi connectivity index (χ1) is 11.2. The van der Waals surface area contributed by atoms with Crippen LogP contribution in [0.1, 0.15) is 32.3 Å². The molecule has 1 aromatic carbocycles. The van der Waals surface area contributed by atoms with Crippen molar-refractivity contribution in [2.24, 2.45) is 0 Å². The van der Waals surface area contributed by atoms with Crippen molar-refractivity contribution in [2.75, 3.05) is 12.3 Å². The molecule has 0 spiro atoms. The summed E-state index contributed by atoms with van der Waals surface area (Å²) in [7, 11) is 0. The molecule has 0 radical (unpaired) electrons. The lowest BCUT2D eigenvalue weighted by Crippen LogP contribution is -2.25. The molecule has 0 aliphatic carbocycles. The van der Waals surface area contributed by atoms with E-state index in [1.807, 2.05) is 19.1 Å². The van der Waals surface area contributed by atoms with Crippen LogP contribution in [0.5, 0.6) is 0 Å². The zero-order chi connectivity index (χ0) is 16.7. The van der Waals surface area contributed by atoms with Crippen LogP contribution in [-0.4, -0.2) is 33.0 Å². The van der Waals surface area contributed by atoms with E-state index in [0.29, 0.717) is 5.75 Å². The van der Waals surface area contributed by atoms with Crippen LogP contribution in [0.3, 0.4) is 0 Å². The molecule has 1 heterocycles. The van der Waals surface area contributed by atoms with Gasteiger partial charge in [-0.05, 0) is 25.8 Å². The molecule has 0 saturated heterocycles. The smallest absolute Gasteiger partial charge is 0.230 e. The van der Waals surface area contributed by atoms with Crippen molar-refractivity contribution in [1.82, 2.24) is 20.1 Å². The van der Waals surface area contributed by atoms with E-state index in [9.17, 15) is 4.79 Å². The number of aryl methyl sites for hydroxylation is 1. The summed E-state index contributed by atoms with van der Waals surface area (Å²) in [4.78, 5) is 11.8. The van der Waals surface area contributed by atoms with Gasteiger partial charge < -0.3 is 9.88 Å². The molecule has 0 saturated carbocycles. The van der Waals surface area contributed by atoms with E-state index in [1.54, 1.807) is 0 Å². The number of benzene rings is 1. The first-order valence-electron chi connectivity index (χ1n) is 8.05. The second kappa shape index (κ2) is 8.72. The molecule has 0 fully saturated rings. The summed E-state index contributed by atoms with van der Waals surface area (Å²) in [6.07, 6.45) is 1.94. The van der Waals surface area contributed by atoms with E-state index in [0.717, 1.165) is 42.5 Å². The number of hydrogen-bond donors (Lipinski definition) is 1. The van der Waals surface area contributed by atoms with Gasteiger partial charge in [0.25, 0.3) is 0 Å². The number of nitrogens with one attached hydrogen (secondary N) is 1. The number of carbonyl (C=O) groups is 1. The summed E-state index contributed by atoms with van der Waals surface area (Å²) in [5.41, 5.74) is 2.26. The van der Waals surface area contributed by atoms with Crippen molar-refractivity contribution in [3.8, 4) is 11.4 Å². The topological polar surface area (TPSA) is 59.8 Å². The number of rotatable bonds is 8. The highest BCUT2D eigenvalue weighted by molar-refractivity contribution is 7.99. The standard InChI is InChI=1S/C17H24N4OS/c1-4-9-18-15(22)12-23-17-20-19-16(21(17)10-5-2)14-8-6-7-13(3)11-14/h6-8,11H,4-5,9-10,12H2,1-3H3,(H,18,22). The van der Waals surface area contributed by atoms with Gasteiger partial charge in [-0.15, -0.1) is 10.2 Å². The van der Waals surface area contributed by atoms with Crippen LogP contribution in [-0.2, 0) is 11.3 Å². The Morgan fingerprint density at radius 1 is 1.26 bits per heavy atom. The number of thioether (sulfide) groups is 1. The van der Waals surface area contributed by atoms with Crippen LogP contribution in [0.15, 0.2) is 29.4 Å². The summed E-state index contributed by atoms with van der Waals surface area (Å²) in [5.74, 6) is 1.28. The lowest BCUT2D eigenvalue weighted by molar-refractivity contribution is -0.118. The minimum atomic E-state index is 0.0417. The van der Waals surface area contributed by atoms with E-state index in [-0.39, 0.29) is 5.91 Å². The first-order valence-corrected chi connectivity index (χ1v) is 9.04. The molecule has 2 aromatic rings. The minimum Gasteiger partial charge on any atom is -0.355 e. The number of nitrogens with zero attached hydrogens (tertiary/aromatic N) is 3. The summed E-state index contributed by atoms with van der Waals surface area (Å²) in [5, 5.41) is 12.3. The van der Waals surface area contributed by atoms with Gasteiger partial charge in [0.2, 0.25) is 5.91 Å². The molecule has 0 atom stereocenters. The number of aromatic nitrogens is 3. The fourth-order valence-corrected chi connectivity index (χ4v) is 3.06. The molecular formula is C17H24N4OS. The third-order valence-corrected chi connectivity index (χ3v) is 4.31. The van der Waals surface area contributed by atoms with Crippen molar-refractivity contribution in [2.45, 2.75) is 45.3 Å². The predicted molar refractivity (Wildman–Crippen MR) is 94.5 cm³/mol. The van der Waals surface area contributed by atoms with Crippen LogP contribution < -0.4 is 5.32 Å². The normalized spacial score (nSPS) is 10.7. The number of carbonyl (C=O) groups excluding carboxylic acids is 1. The fourth-order valence-electron chi connectivity index (χ4n) is 2.26. The van der Waals surface area contributed by atoms with Crippen molar-refractivity contribution in [3.05, 3.63) is 29.8 Å². The third kappa shape index (κ3) is 4.82. The van der Waals surface area contributed by atoms with Crippen LogP contribution in [0, 0.1) is 6.92 Å². The Morgan fingerprint density at radius 2 is 2.09 bits per heavy atom. The average Bonchev–Trinajstić information content (AvgIpc) is 2.94. The molecule has 5 nitrogen and oxygen atoms in total. The minimum absolute atomic E-state index is 0.0417. The second-order valence-corrected chi connectivity index (χ2v) is 6.41. The number of hydrogen-bond acceptors (Lipinski definition) is 4. The van der Waals surface area contributed by atoms with Gasteiger partial charge in [-0.2, -0.15) is 0 Å². The second-order valence-electron chi connectivity index (χ2n) is 5.47. The van der Waals surface area contributed by atoms with Crippen molar-refractivity contribution in [3.63, 3.8) is 0 Å². The molecular weight excluding hydrogens is 308 g/mol. The molecule has 1 N–H and O–H groups in total. The van der Waals surface area contributed by atoms with E-state index >= 15 is 0 Å². The highest BCUT2D eigenvalue weighted by Crippen LogP contribution is 2.24. The van der Waals surface area contributed by atoms with Crippen molar-refractivity contribution in [1.29, 1.82) is 0 Å². The molecule has 0 bridgehead atoms. The van der Waals surface area contributed by atoms with Crippen LogP contribution in [0.2, 0.25) is 0 Å². The zero-order valence-electron chi connectivity index (χ0n) is 14.0. The van der Waals surface area contributed by atoms with Gasteiger partial charge in [-0.1, -0.05) is 49.4 Å². The molecule has 2 rings (SSSR count). The maximum Gasteiger partial charge on any atom is 0.230 e. The Kier molecular flexibility index (Phi) is 6.65. The highest BCUT2D eigenvalue weighted by Gasteiger charge is 2.15. The Bertz CT molecular complexity index is 654. The lowest BCUT2D eigenvalue weighted by atomic mass is 10.1. The summed E-state index contributed by atoms with van der Waals surface area (Å²) < 4.78 is 2.10. The monoisotopic (exact) mass is 332 g/mol. The van der Waals surface area contributed by atoms with Crippen molar-refractivity contribution < 1.29 is 4.79 Å². The fraction of sp³-hybridized carbons (Fsp3) is 0.471. The lowest BCUT2D eigenvalue weighted by Gasteiger charge is -2.09. The maximum absolute atomic E-state index is 11.8. The molecule has 23 heavy (non-hydrogen) atoms. The zero-order valence-corrected chi connectivity index (χ0v) is 14.8. The molecule has 0 aliphatic rings. The molecule has 1 amide bonds. The average molecular weight is 332 g/mol. The molecule has 6 heteroatoms.